The summed E-state index contributed by atoms with van der Waals surface area (Å²) < 4.78 is 0.939. The van der Waals surface area contributed by atoms with Crippen LogP contribution in [0.3, 0.4) is 0 Å². The Morgan fingerprint density at radius 1 is 1.11 bits per heavy atom. The first-order valence-corrected chi connectivity index (χ1v) is 10.7. The number of Topliss-reactive ketones (excluding diaryl/α,β-unsaturated/α-hetero) is 1. The van der Waals surface area contributed by atoms with E-state index in [1.165, 1.54) is 5.56 Å². The molecule has 0 aromatic heterocycles. The van der Waals surface area contributed by atoms with E-state index < -0.39 is 5.60 Å². The Morgan fingerprint density at radius 3 is 2.39 bits per heavy atom. The van der Waals surface area contributed by atoms with Gasteiger partial charge in [-0.05, 0) is 36.8 Å². The third kappa shape index (κ3) is 3.76. The minimum Gasteiger partial charge on any atom is -0.379 e. The van der Waals surface area contributed by atoms with Crippen molar-refractivity contribution in [2.24, 2.45) is 5.92 Å². The Kier molecular flexibility index (Phi) is 5.34. The lowest BCUT2D eigenvalue weighted by atomic mass is 9.70. The van der Waals surface area contributed by atoms with Crippen molar-refractivity contribution >= 4 is 17.4 Å². The van der Waals surface area contributed by atoms with Crippen LogP contribution in [0.15, 0.2) is 48.5 Å². The Hall–Kier alpha value is -1.68. The second-order valence-corrected chi connectivity index (χ2v) is 9.21. The molecule has 0 radical (unpaired) electrons. The number of fused-ring (bicyclic) bond motifs is 3. The summed E-state index contributed by atoms with van der Waals surface area (Å²) in [5, 5.41) is 12.3. The van der Waals surface area contributed by atoms with Gasteiger partial charge in [0, 0.05) is 42.2 Å². The first kappa shape index (κ1) is 19.6. The quantitative estimate of drug-likeness (QED) is 0.563. The molecule has 148 valence electrons. The Morgan fingerprint density at radius 2 is 1.75 bits per heavy atom. The number of piperidine rings is 3. The predicted molar refractivity (Wildman–Crippen MR) is 113 cm³/mol. The number of carbonyl (C=O) groups excluding carboxylic acids is 1. The third-order valence-corrected chi connectivity index (χ3v) is 7.16. The van der Waals surface area contributed by atoms with Crippen LogP contribution in [0.4, 0.5) is 0 Å². The minimum absolute atomic E-state index is 0.176. The molecule has 3 saturated heterocycles. The average Bonchev–Trinajstić information content (AvgIpc) is 2.69. The molecular formula is C24H29ClNO2+. The fourth-order valence-corrected chi connectivity index (χ4v) is 5.34. The van der Waals surface area contributed by atoms with Gasteiger partial charge in [0.25, 0.3) is 0 Å². The number of quaternary nitrogens is 1. The summed E-state index contributed by atoms with van der Waals surface area (Å²) in [7, 11) is 0. The second-order valence-electron chi connectivity index (χ2n) is 8.77. The van der Waals surface area contributed by atoms with Crippen LogP contribution in [0.2, 0.25) is 5.02 Å². The Balaban J connectivity index is 1.42. The number of ketones is 1. The molecule has 2 bridgehead atoms. The molecule has 0 amide bonds. The fourth-order valence-electron chi connectivity index (χ4n) is 5.22. The maximum Gasteiger partial charge on any atom is 0.163 e. The van der Waals surface area contributed by atoms with Crippen LogP contribution in [0.1, 0.15) is 47.2 Å². The molecule has 0 aliphatic carbocycles. The molecule has 3 aliphatic rings. The number of halogens is 1. The van der Waals surface area contributed by atoms with Crippen molar-refractivity contribution in [3.8, 4) is 0 Å². The van der Waals surface area contributed by atoms with Crippen LogP contribution in [0.5, 0.6) is 0 Å². The van der Waals surface area contributed by atoms with Crippen LogP contribution in [0.25, 0.3) is 0 Å². The lowest BCUT2D eigenvalue weighted by Gasteiger charge is -2.56. The van der Waals surface area contributed by atoms with Gasteiger partial charge in [-0.15, -0.1) is 0 Å². The highest BCUT2D eigenvalue weighted by Gasteiger charge is 2.54. The summed E-state index contributed by atoms with van der Waals surface area (Å²) in [4.78, 5) is 12.5. The largest absolute Gasteiger partial charge is 0.379 e. The van der Waals surface area contributed by atoms with Crippen LogP contribution in [0, 0.1) is 12.8 Å². The topological polar surface area (TPSA) is 37.3 Å². The summed E-state index contributed by atoms with van der Waals surface area (Å²) in [6.45, 7) is 6.05. The summed E-state index contributed by atoms with van der Waals surface area (Å²) in [6, 6.07) is 15.5. The Bertz CT molecular complexity index is 838. The molecule has 28 heavy (non-hydrogen) atoms. The van der Waals surface area contributed by atoms with Crippen molar-refractivity contribution in [1.82, 2.24) is 0 Å². The summed E-state index contributed by atoms with van der Waals surface area (Å²) >= 11 is 5.91. The monoisotopic (exact) mass is 398 g/mol. The lowest BCUT2D eigenvalue weighted by molar-refractivity contribution is -0.952. The van der Waals surface area contributed by atoms with Gasteiger partial charge in [0.2, 0.25) is 0 Å². The van der Waals surface area contributed by atoms with Crippen molar-refractivity contribution in [3.05, 3.63) is 70.2 Å². The maximum atomic E-state index is 12.5. The number of hydrogen-bond donors (Lipinski definition) is 1. The third-order valence-electron chi connectivity index (χ3n) is 6.91. The fraction of sp³-hybridized carbons (Fsp3) is 0.458. The molecule has 0 saturated carbocycles. The number of aliphatic hydroxyl groups is 1. The number of aryl methyl sites for hydroxylation is 1. The molecule has 1 atom stereocenters. The zero-order chi connectivity index (χ0) is 19.8. The standard InChI is InChI=1S/C24H29ClNO2/c1-18-4-8-20(9-5-18)24(28)17-26(15-12-21(24)13-16-26)14-2-3-23(27)19-6-10-22(25)11-7-19/h4-11,21,28H,2-3,12-17H2,1H3/q+1/t21?,24-,26?/m0/s1. The van der Waals surface area contributed by atoms with E-state index in [1.54, 1.807) is 24.3 Å². The molecular weight excluding hydrogens is 370 g/mol. The molecule has 2 aromatic carbocycles. The van der Waals surface area contributed by atoms with Gasteiger partial charge in [-0.3, -0.25) is 4.79 Å². The highest BCUT2D eigenvalue weighted by Crippen LogP contribution is 2.46. The van der Waals surface area contributed by atoms with E-state index in [-0.39, 0.29) is 5.78 Å². The maximum absolute atomic E-state index is 12.5. The molecule has 5 rings (SSSR count). The SMILES string of the molecule is Cc1ccc([C@@]2(O)C[N+]3(CCCC(=O)c4ccc(Cl)cc4)CCC2CC3)cc1. The van der Waals surface area contributed by atoms with Gasteiger partial charge in [0.15, 0.2) is 5.78 Å². The highest BCUT2D eigenvalue weighted by molar-refractivity contribution is 6.30. The van der Waals surface area contributed by atoms with Gasteiger partial charge in [0.05, 0.1) is 19.6 Å². The van der Waals surface area contributed by atoms with Gasteiger partial charge in [-0.1, -0.05) is 41.4 Å². The molecule has 1 N–H and O–H groups in total. The molecule has 3 heterocycles. The minimum atomic E-state index is -0.732. The zero-order valence-electron chi connectivity index (χ0n) is 16.5. The summed E-state index contributed by atoms with van der Waals surface area (Å²) in [6.07, 6.45) is 3.54. The molecule has 3 aliphatic heterocycles. The average molecular weight is 399 g/mol. The van der Waals surface area contributed by atoms with Crippen molar-refractivity contribution in [2.75, 3.05) is 26.2 Å². The van der Waals surface area contributed by atoms with E-state index in [2.05, 4.69) is 31.2 Å². The van der Waals surface area contributed by atoms with Gasteiger partial charge in [-0.25, -0.2) is 0 Å². The zero-order valence-corrected chi connectivity index (χ0v) is 17.3. The number of hydrogen-bond acceptors (Lipinski definition) is 2. The normalized spacial score (nSPS) is 29.0. The first-order chi connectivity index (χ1) is 13.4. The van der Waals surface area contributed by atoms with Crippen molar-refractivity contribution in [2.45, 2.75) is 38.2 Å². The molecule has 0 unspecified atom stereocenters. The summed E-state index contributed by atoms with van der Waals surface area (Å²) in [5.41, 5.74) is 2.28. The van der Waals surface area contributed by atoms with Gasteiger partial charge in [0.1, 0.15) is 12.1 Å². The molecule has 3 nitrogen and oxygen atoms in total. The van der Waals surface area contributed by atoms with Crippen molar-refractivity contribution in [3.63, 3.8) is 0 Å². The van der Waals surface area contributed by atoms with Crippen molar-refractivity contribution < 1.29 is 14.4 Å². The van der Waals surface area contributed by atoms with Gasteiger partial charge >= 0.3 is 0 Å². The van der Waals surface area contributed by atoms with Gasteiger partial charge in [-0.2, -0.15) is 0 Å². The van der Waals surface area contributed by atoms with E-state index in [0.29, 0.717) is 17.4 Å². The van der Waals surface area contributed by atoms with Crippen LogP contribution < -0.4 is 0 Å². The molecule has 4 heteroatoms. The van der Waals surface area contributed by atoms with Crippen LogP contribution in [-0.2, 0) is 5.60 Å². The van der Waals surface area contributed by atoms with Gasteiger partial charge < -0.3 is 9.59 Å². The highest BCUT2D eigenvalue weighted by atomic mass is 35.5. The number of rotatable bonds is 6. The van der Waals surface area contributed by atoms with E-state index in [9.17, 15) is 9.90 Å². The number of benzene rings is 2. The van der Waals surface area contributed by atoms with E-state index in [4.69, 9.17) is 11.6 Å². The second kappa shape index (κ2) is 7.62. The number of carbonyl (C=O) groups is 1. The summed E-state index contributed by atoms with van der Waals surface area (Å²) in [5.74, 6) is 0.529. The van der Waals surface area contributed by atoms with E-state index >= 15 is 0 Å². The molecule has 2 aromatic rings. The first-order valence-electron chi connectivity index (χ1n) is 10.3. The van der Waals surface area contributed by atoms with E-state index in [1.807, 2.05) is 0 Å². The lowest BCUT2D eigenvalue weighted by Crippen LogP contribution is -2.67. The van der Waals surface area contributed by atoms with Crippen molar-refractivity contribution in [1.29, 1.82) is 0 Å². The molecule has 0 spiro atoms. The molecule has 3 fully saturated rings. The smallest absolute Gasteiger partial charge is 0.163 e. The Labute approximate surface area is 172 Å². The van der Waals surface area contributed by atoms with E-state index in [0.717, 1.165) is 61.1 Å². The number of nitrogens with zero attached hydrogens (tertiary/aromatic N) is 1. The van der Waals surface area contributed by atoms with Crippen LogP contribution in [-0.4, -0.2) is 41.6 Å². The predicted octanol–water partition coefficient (Wildman–Crippen LogP) is 4.74. The van der Waals surface area contributed by atoms with Crippen LogP contribution >= 0.6 is 11.6 Å².